The molecule has 1 aromatic rings. The summed E-state index contributed by atoms with van der Waals surface area (Å²) in [5, 5.41) is 0.0501. The van der Waals surface area contributed by atoms with Crippen LogP contribution in [-0.2, 0) is 0 Å². The monoisotopic (exact) mass is 274 g/mol. The van der Waals surface area contributed by atoms with Crippen molar-refractivity contribution in [1.29, 1.82) is 0 Å². The molecule has 1 nitrogen and oxygen atoms in total. The lowest BCUT2D eigenvalue weighted by molar-refractivity contribution is -0.0482. The summed E-state index contributed by atoms with van der Waals surface area (Å²) in [6.45, 7) is 4.10. The number of alkyl halides is 1. The van der Waals surface area contributed by atoms with E-state index in [1.165, 1.54) is 12.1 Å². The maximum Gasteiger partial charge on any atom is 0.200 e. The molecule has 0 amide bonds. The third-order valence-corrected chi connectivity index (χ3v) is 4.80. The highest BCUT2D eigenvalue weighted by Crippen LogP contribution is 2.52. The fourth-order valence-corrected chi connectivity index (χ4v) is 3.35. The first-order chi connectivity index (χ1) is 8.55. The Morgan fingerprint density at radius 3 is 2.56 bits per heavy atom. The molecule has 1 aliphatic rings. The van der Waals surface area contributed by atoms with Crippen molar-refractivity contribution in [2.24, 2.45) is 5.41 Å². The van der Waals surface area contributed by atoms with Crippen LogP contribution < -0.4 is 4.74 Å². The summed E-state index contributed by atoms with van der Waals surface area (Å²) in [4.78, 5) is 0. The van der Waals surface area contributed by atoms with Gasteiger partial charge in [0.25, 0.3) is 0 Å². The molecule has 0 saturated heterocycles. The zero-order valence-electron chi connectivity index (χ0n) is 10.6. The maximum absolute atomic E-state index is 13.5. The number of rotatable bonds is 4. The highest BCUT2D eigenvalue weighted by atomic mass is 35.5. The minimum Gasteiger partial charge on any atom is -0.487 e. The predicted molar refractivity (Wildman–Crippen MR) is 68.0 cm³/mol. The van der Waals surface area contributed by atoms with E-state index in [-0.39, 0.29) is 22.6 Å². The standard InChI is InChI=1S/C14H17ClF2O/c1-3-14(4-2)11(15)8-12(14)18-10-7-5-6-9(16)13(10)17/h5-7,11-12H,3-4,8H2,1-2H3. The Bertz CT molecular complexity index is 432. The highest BCUT2D eigenvalue weighted by molar-refractivity contribution is 6.21. The van der Waals surface area contributed by atoms with Crippen LogP contribution in [0, 0.1) is 17.0 Å². The second-order valence-electron chi connectivity index (χ2n) is 4.80. The Morgan fingerprint density at radius 2 is 2.00 bits per heavy atom. The largest absolute Gasteiger partial charge is 0.487 e. The maximum atomic E-state index is 13.5. The highest BCUT2D eigenvalue weighted by Gasteiger charge is 2.53. The van der Waals surface area contributed by atoms with Gasteiger partial charge in [-0.15, -0.1) is 11.6 Å². The van der Waals surface area contributed by atoms with Gasteiger partial charge in [-0.3, -0.25) is 0 Å². The molecular weight excluding hydrogens is 258 g/mol. The number of hydrogen-bond donors (Lipinski definition) is 0. The third kappa shape index (κ3) is 1.99. The molecule has 100 valence electrons. The van der Waals surface area contributed by atoms with E-state index in [4.69, 9.17) is 16.3 Å². The van der Waals surface area contributed by atoms with Crippen LogP contribution in [0.5, 0.6) is 5.75 Å². The summed E-state index contributed by atoms with van der Waals surface area (Å²) >= 11 is 6.26. The summed E-state index contributed by atoms with van der Waals surface area (Å²) in [6.07, 6.45) is 2.30. The van der Waals surface area contributed by atoms with Crippen molar-refractivity contribution in [2.75, 3.05) is 0 Å². The van der Waals surface area contributed by atoms with E-state index in [9.17, 15) is 8.78 Å². The SMILES string of the molecule is CCC1(CC)C(Cl)CC1Oc1cccc(F)c1F. The molecule has 2 atom stereocenters. The van der Waals surface area contributed by atoms with E-state index in [0.29, 0.717) is 6.42 Å². The smallest absolute Gasteiger partial charge is 0.200 e. The molecule has 0 aliphatic heterocycles. The van der Waals surface area contributed by atoms with Gasteiger partial charge in [-0.25, -0.2) is 4.39 Å². The van der Waals surface area contributed by atoms with Gasteiger partial charge < -0.3 is 4.74 Å². The van der Waals surface area contributed by atoms with Crippen molar-refractivity contribution < 1.29 is 13.5 Å². The number of ether oxygens (including phenoxy) is 1. The molecule has 0 N–H and O–H groups in total. The van der Waals surface area contributed by atoms with Crippen LogP contribution in [0.4, 0.5) is 8.78 Å². The van der Waals surface area contributed by atoms with Crippen LogP contribution in [0.2, 0.25) is 0 Å². The Labute approximate surface area is 111 Å². The first-order valence-electron chi connectivity index (χ1n) is 6.30. The van der Waals surface area contributed by atoms with Crippen molar-refractivity contribution in [2.45, 2.75) is 44.6 Å². The Balaban J connectivity index is 2.18. The van der Waals surface area contributed by atoms with Crippen molar-refractivity contribution in [3.05, 3.63) is 29.8 Å². The summed E-state index contributed by atoms with van der Waals surface area (Å²) in [7, 11) is 0. The van der Waals surface area contributed by atoms with E-state index < -0.39 is 11.6 Å². The van der Waals surface area contributed by atoms with Gasteiger partial charge in [-0.2, -0.15) is 4.39 Å². The van der Waals surface area contributed by atoms with Gasteiger partial charge >= 0.3 is 0 Å². The lowest BCUT2D eigenvalue weighted by Gasteiger charge is -2.52. The van der Waals surface area contributed by atoms with Gasteiger partial charge in [0.2, 0.25) is 5.82 Å². The fraction of sp³-hybridized carbons (Fsp3) is 0.571. The predicted octanol–water partition coefficient (Wildman–Crippen LogP) is 4.53. The molecule has 18 heavy (non-hydrogen) atoms. The summed E-state index contributed by atoms with van der Waals surface area (Å²) in [6, 6.07) is 3.99. The zero-order valence-corrected chi connectivity index (χ0v) is 11.3. The second kappa shape index (κ2) is 5.04. The molecule has 1 aromatic carbocycles. The molecule has 2 rings (SSSR count). The van der Waals surface area contributed by atoms with Crippen molar-refractivity contribution in [3.63, 3.8) is 0 Å². The molecule has 4 heteroatoms. The van der Waals surface area contributed by atoms with Crippen LogP contribution >= 0.6 is 11.6 Å². The third-order valence-electron chi connectivity index (χ3n) is 4.19. The van der Waals surface area contributed by atoms with Crippen LogP contribution in [0.25, 0.3) is 0 Å². The Hall–Kier alpha value is -0.830. The first-order valence-corrected chi connectivity index (χ1v) is 6.73. The van der Waals surface area contributed by atoms with Gasteiger partial charge in [0, 0.05) is 17.2 Å². The molecule has 0 bridgehead atoms. The molecule has 0 heterocycles. The summed E-state index contributed by atoms with van der Waals surface area (Å²) in [5.41, 5.74) is -0.125. The Morgan fingerprint density at radius 1 is 1.33 bits per heavy atom. The zero-order chi connectivity index (χ0) is 13.3. The van der Waals surface area contributed by atoms with E-state index in [1.807, 2.05) is 0 Å². The fourth-order valence-electron chi connectivity index (χ4n) is 2.74. The van der Waals surface area contributed by atoms with E-state index in [1.54, 1.807) is 0 Å². The molecule has 1 fully saturated rings. The van der Waals surface area contributed by atoms with Gasteiger partial charge in [0.15, 0.2) is 11.6 Å². The molecule has 0 aromatic heterocycles. The molecular formula is C14H17ClF2O. The summed E-state index contributed by atoms with van der Waals surface area (Å²) < 4.78 is 32.3. The number of halogens is 3. The Kier molecular flexibility index (Phi) is 3.81. The average Bonchev–Trinajstić information content (AvgIpc) is 2.36. The van der Waals surface area contributed by atoms with Crippen molar-refractivity contribution >= 4 is 11.6 Å². The molecule has 1 saturated carbocycles. The molecule has 0 spiro atoms. The summed E-state index contributed by atoms with van der Waals surface area (Å²) in [5.74, 6) is -1.82. The van der Waals surface area contributed by atoms with Crippen LogP contribution in [-0.4, -0.2) is 11.5 Å². The normalized spacial score (nSPS) is 25.6. The van der Waals surface area contributed by atoms with Gasteiger partial charge in [-0.05, 0) is 25.0 Å². The van der Waals surface area contributed by atoms with Crippen LogP contribution in [0.3, 0.4) is 0 Å². The minimum absolute atomic E-state index is 0.0187. The minimum atomic E-state index is -0.920. The van der Waals surface area contributed by atoms with Gasteiger partial charge in [0.1, 0.15) is 6.10 Å². The topological polar surface area (TPSA) is 9.23 Å². The molecule has 1 aliphatic carbocycles. The number of hydrogen-bond acceptors (Lipinski definition) is 1. The number of benzene rings is 1. The average molecular weight is 275 g/mol. The lowest BCUT2D eigenvalue weighted by atomic mass is 9.62. The van der Waals surface area contributed by atoms with Gasteiger partial charge in [-0.1, -0.05) is 19.9 Å². The second-order valence-corrected chi connectivity index (χ2v) is 5.33. The van der Waals surface area contributed by atoms with Gasteiger partial charge in [0.05, 0.1) is 0 Å². The van der Waals surface area contributed by atoms with E-state index in [2.05, 4.69) is 13.8 Å². The van der Waals surface area contributed by atoms with Crippen molar-refractivity contribution in [1.82, 2.24) is 0 Å². The van der Waals surface area contributed by atoms with E-state index in [0.717, 1.165) is 18.9 Å². The van der Waals surface area contributed by atoms with Crippen LogP contribution in [0.1, 0.15) is 33.1 Å². The first kappa shape index (κ1) is 13.6. The van der Waals surface area contributed by atoms with Crippen molar-refractivity contribution in [3.8, 4) is 5.75 Å². The molecule has 0 radical (unpaired) electrons. The van der Waals surface area contributed by atoms with E-state index >= 15 is 0 Å². The quantitative estimate of drug-likeness (QED) is 0.733. The lowest BCUT2D eigenvalue weighted by Crippen LogP contribution is -2.56. The molecule has 2 unspecified atom stereocenters. The van der Waals surface area contributed by atoms with Crippen LogP contribution in [0.15, 0.2) is 18.2 Å².